The van der Waals surface area contributed by atoms with Crippen molar-refractivity contribution >= 4 is 25.0 Å². The Morgan fingerprint density at radius 3 is 2.74 bits per heavy atom. The molecule has 1 N–H and O–H groups in total. The second-order valence-corrected chi connectivity index (χ2v) is 6.62. The quantitative estimate of drug-likeness (QED) is 0.439. The number of hydrogen-bond donors (Lipinski definition) is 1. The SMILES string of the molecule is CCC(=O)C[C@H]1Cc2cccc(C(=O)OCOC(=O)OC3CC3)c2OB1O. The molecule has 8 nitrogen and oxygen atoms in total. The Balaban J connectivity index is 1.60. The summed E-state index contributed by atoms with van der Waals surface area (Å²) >= 11 is 0. The van der Waals surface area contributed by atoms with Gasteiger partial charge in [0.1, 0.15) is 23.2 Å². The number of fused-ring (bicyclic) bond motifs is 1. The highest BCUT2D eigenvalue weighted by Crippen LogP contribution is 2.36. The number of benzene rings is 1. The normalized spacial score (nSPS) is 18.1. The van der Waals surface area contributed by atoms with E-state index >= 15 is 0 Å². The largest absolute Gasteiger partial charge is 0.535 e. The van der Waals surface area contributed by atoms with E-state index in [0.717, 1.165) is 12.8 Å². The molecule has 144 valence electrons. The lowest BCUT2D eigenvalue weighted by molar-refractivity contribution is -0.118. The van der Waals surface area contributed by atoms with Crippen molar-refractivity contribution in [3.8, 4) is 5.75 Å². The predicted octanol–water partition coefficient (Wildman–Crippen LogP) is 2.27. The van der Waals surface area contributed by atoms with Gasteiger partial charge in [-0.3, -0.25) is 4.79 Å². The van der Waals surface area contributed by atoms with Crippen LogP contribution in [0.25, 0.3) is 0 Å². The minimum atomic E-state index is -1.19. The molecule has 1 atom stereocenters. The first kappa shape index (κ1) is 19.2. The summed E-state index contributed by atoms with van der Waals surface area (Å²) < 4.78 is 20.0. The average Bonchev–Trinajstić information content (AvgIpc) is 3.45. The molecule has 0 saturated heterocycles. The fourth-order valence-corrected chi connectivity index (χ4v) is 2.82. The van der Waals surface area contributed by atoms with Gasteiger partial charge in [-0.25, -0.2) is 9.59 Å². The predicted molar refractivity (Wildman–Crippen MR) is 93.3 cm³/mol. The molecular formula is C18H21BO8. The molecular weight excluding hydrogens is 355 g/mol. The van der Waals surface area contributed by atoms with E-state index in [1.165, 1.54) is 6.07 Å². The molecule has 27 heavy (non-hydrogen) atoms. The Hall–Kier alpha value is -2.55. The summed E-state index contributed by atoms with van der Waals surface area (Å²) in [4.78, 5) is 35.3. The number of ether oxygens (including phenoxy) is 3. The molecule has 1 heterocycles. The van der Waals surface area contributed by atoms with Crippen LogP contribution in [-0.2, 0) is 25.4 Å². The smallest absolute Gasteiger partial charge is 0.526 e. The van der Waals surface area contributed by atoms with Crippen molar-refractivity contribution in [1.29, 1.82) is 0 Å². The molecule has 3 rings (SSSR count). The van der Waals surface area contributed by atoms with Crippen LogP contribution in [0.1, 0.15) is 48.5 Å². The van der Waals surface area contributed by atoms with Gasteiger partial charge in [0.15, 0.2) is 0 Å². The van der Waals surface area contributed by atoms with E-state index in [4.69, 9.17) is 18.9 Å². The third-order valence-corrected chi connectivity index (χ3v) is 4.48. The summed E-state index contributed by atoms with van der Waals surface area (Å²) in [7, 11) is -1.19. The first-order valence-electron chi connectivity index (χ1n) is 8.96. The fraction of sp³-hybridized carbons (Fsp3) is 0.500. The van der Waals surface area contributed by atoms with Crippen LogP contribution in [0.3, 0.4) is 0 Å². The van der Waals surface area contributed by atoms with Gasteiger partial charge < -0.3 is 23.9 Å². The van der Waals surface area contributed by atoms with E-state index in [1.54, 1.807) is 19.1 Å². The number of ketones is 1. The van der Waals surface area contributed by atoms with E-state index in [9.17, 15) is 19.4 Å². The average molecular weight is 376 g/mol. The zero-order chi connectivity index (χ0) is 19.4. The number of para-hydroxylation sites is 1. The van der Waals surface area contributed by atoms with Gasteiger partial charge >= 0.3 is 19.2 Å². The number of carbonyl (C=O) groups is 3. The van der Waals surface area contributed by atoms with Crippen LogP contribution < -0.4 is 4.65 Å². The van der Waals surface area contributed by atoms with Crippen molar-refractivity contribution in [2.75, 3.05) is 6.79 Å². The zero-order valence-corrected chi connectivity index (χ0v) is 15.0. The van der Waals surface area contributed by atoms with Gasteiger partial charge in [0.25, 0.3) is 0 Å². The molecule has 1 aromatic carbocycles. The van der Waals surface area contributed by atoms with Crippen LogP contribution in [0.2, 0.25) is 5.82 Å². The Labute approximate surface area is 156 Å². The second kappa shape index (κ2) is 8.43. The minimum absolute atomic E-state index is 0.0388. The van der Waals surface area contributed by atoms with Gasteiger partial charge in [-0.2, -0.15) is 0 Å². The van der Waals surface area contributed by atoms with E-state index in [2.05, 4.69) is 0 Å². The summed E-state index contributed by atoms with van der Waals surface area (Å²) in [5.41, 5.74) is 0.823. The first-order valence-corrected chi connectivity index (χ1v) is 8.96. The second-order valence-electron chi connectivity index (χ2n) is 6.62. The molecule has 0 spiro atoms. The van der Waals surface area contributed by atoms with E-state index in [-0.39, 0.29) is 35.4 Å². The number of Topliss-reactive ketones (excluding diaryl/α,β-unsaturated/α-hetero) is 1. The highest BCUT2D eigenvalue weighted by Gasteiger charge is 2.37. The van der Waals surface area contributed by atoms with Gasteiger partial charge in [0, 0.05) is 18.7 Å². The van der Waals surface area contributed by atoms with Crippen molar-refractivity contribution < 1.29 is 38.3 Å². The Bertz CT molecular complexity index is 730. The number of esters is 1. The summed E-state index contributed by atoms with van der Waals surface area (Å²) in [6.07, 6.45) is 1.67. The van der Waals surface area contributed by atoms with E-state index in [0.29, 0.717) is 18.4 Å². The molecule has 1 saturated carbocycles. The molecule has 1 aliphatic carbocycles. The minimum Gasteiger partial charge on any atom is -0.535 e. The summed E-state index contributed by atoms with van der Waals surface area (Å²) in [5.74, 6) is -0.856. The Morgan fingerprint density at radius 2 is 2.04 bits per heavy atom. The molecule has 1 fully saturated rings. The molecule has 0 bridgehead atoms. The lowest BCUT2D eigenvalue weighted by Crippen LogP contribution is -2.35. The highest BCUT2D eigenvalue weighted by molar-refractivity contribution is 6.47. The lowest BCUT2D eigenvalue weighted by atomic mass is 9.64. The fourth-order valence-electron chi connectivity index (χ4n) is 2.82. The third-order valence-electron chi connectivity index (χ3n) is 4.48. The maximum atomic E-state index is 12.3. The van der Waals surface area contributed by atoms with Gasteiger partial charge in [-0.05, 0) is 30.9 Å². The van der Waals surface area contributed by atoms with Crippen molar-refractivity contribution in [2.24, 2.45) is 0 Å². The van der Waals surface area contributed by atoms with Gasteiger partial charge in [-0.1, -0.05) is 19.1 Å². The van der Waals surface area contributed by atoms with Gasteiger partial charge in [0.2, 0.25) is 6.79 Å². The van der Waals surface area contributed by atoms with Crippen LogP contribution in [0.5, 0.6) is 5.75 Å². The summed E-state index contributed by atoms with van der Waals surface area (Å²) in [6.45, 7) is 1.19. The summed E-state index contributed by atoms with van der Waals surface area (Å²) in [5, 5.41) is 10.2. The molecule has 0 radical (unpaired) electrons. The van der Waals surface area contributed by atoms with Gasteiger partial charge in [-0.15, -0.1) is 0 Å². The first-order chi connectivity index (χ1) is 13.0. The monoisotopic (exact) mass is 376 g/mol. The Morgan fingerprint density at radius 1 is 1.26 bits per heavy atom. The highest BCUT2D eigenvalue weighted by atomic mass is 16.8. The molecule has 2 aliphatic rings. The molecule has 0 amide bonds. The van der Waals surface area contributed by atoms with E-state index < -0.39 is 26.0 Å². The molecule has 0 unspecified atom stereocenters. The van der Waals surface area contributed by atoms with Crippen LogP contribution in [-0.4, -0.2) is 42.9 Å². The van der Waals surface area contributed by atoms with Crippen molar-refractivity contribution in [2.45, 2.75) is 50.9 Å². The Kier molecular flexibility index (Phi) is 6.00. The maximum absolute atomic E-state index is 12.3. The number of hydrogen-bond acceptors (Lipinski definition) is 8. The molecule has 0 aromatic heterocycles. The van der Waals surface area contributed by atoms with Crippen LogP contribution in [0, 0.1) is 0 Å². The van der Waals surface area contributed by atoms with Crippen LogP contribution >= 0.6 is 0 Å². The summed E-state index contributed by atoms with van der Waals surface area (Å²) in [6, 6.07) is 4.93. The molecule has 9 heteroatoms. The van der Waals surface area contributed by atoms with Crippen LogP contribution in [0.4, 0.5) is 4.79 Å². The van der Waals surface area contributed by atoms with Crippen molar-refractivity contribution in [3.05, 3.63) is 29.3 Å². The zero-order valence-electron chi connectivity index (χ0n) is 15.0. The van der Waals surface area contributed by atoms with Crippen molar-refractivity contribution in [3.63, 3.8) is 0 Å². The number of carbonyl (C=O) groups excluding carboxylic acids is 3. The maximum Gasteiger partial charge on any atom is 0.526 e. The van der Waals surface area contributed by atoms with E-state index in [1.807, 2.05) is 0 Å². The van der Waals surface area contributed by atoms with Crippen molar-refractivity contribution in [1.82, 2.24) is 0 Å². The number of rotatable bonds is 7. The standard InChI is InChI=1S/C18H21BO8/c1-2-13(20)9-12-8-11-4-3-5-15(16(11)27-19(12)23)17(21)24-10-25-18(22)26-14-6-7-14/h3-5,12,14,23H,2,6-10H2,1H3/t12-/m1/s1. The lowest BCUT2D eigenvalue weighted by Gasteiger charge is -2.28. The molecule has 1 aromatic rings. The third kappa shape index (κ3) is 5.00. The molecule has 1 aliphatic heterocycles. The topological polar surface area (TPSA) is 108 Å². The van der Waals surface area contributed by atoms with Gasteiger partial charge in [0.05, 0.1) is 0 Å². The van der Waals surface area contributed by atoms with Crippen LogP contribution in [0.15, 0.2) is 18.2 Å².